The lowest BCUT2D eigenvalue weighted by Crippen LogP contribution is -2.26. The van der Waals surface area contributed by atoms with Gasteiger partial charge in [-0.2, -0.15) is 0 Å². The number of hydrogen-bond acceptors (Lipinski definition) is 2. The number of rotatable bonds is 4. The zero-order valence-corrected chi connectivity index (χ0v) is 12.1. The van der Waals surface area contributed by atoms with E-state index in [0.717, 1.165) is 36.1 Å². The number of amides is 1. The lowest BCUT2D eigenvalue weighted by molar-refractivity contribution is 0.0949. The van der Waals surface area contributed by atoms with Gasteiger partial charge in [0.1, 0.15) is 0 Å². The third-order valence-corrected chi connectivity index (χ3v) is 4.35. The third-order valence-electron chi connectivity index (χ3n) is 3.30. The Hall–Kier alpha value is -0.870. The molecule has 1 aromatic rings. The van der Waals surface area contributed by atoms with E-state index < -0.39 is 0 Å². The number of halogens is 1. The van der Waals surface area contributed by atoms with E-state index in [9.17, 15) is 4.79 Å². The summed E-state index contributed by atoms with van der Waals surface area (Å²) in [6.07, 6.45) is 2.11. The van der Waals surface area contributed by atoms with Crippen LogP contribution in [0.15, 0.2) is 22.7 Å². The summed E-state index contributed by atoms with van der Waals surface area (Å²) in [5.41, 5.74) is 1.78. The van der Waals surface area contributed by atoms with Crippen LogP contribution < -0.4 is 5.32 Å². The summed E-state index contributed by atoms with van der Waals surface area (Å²) in [5.74, 6) is 0.593. The molecule has 1 unspecified atom stereocenters. The molecule has 0 saturated carbocycles. The molecule has 0 aliphatic carbocycles. The van der Waals surface area contributed by atoms with Crippen molar-refractivity contribution >= 4 is 21.8 Å². The Bertz CT molecular complexity index is 428. The van der Waals surface area contributed by atoms with Gasteiger partial charge in [0, 0.05) is 24.2 Å². The lowest BCUT2D eigenvalue weighted by Gasteiger charge is -2.10. The van der Waals surface area contributed by atoms with Crippen LogP contribution in [0.5, 0.6) is 0 Å². The first-order valence-electron chi connectivity index (χ1n) is 6.29. The SMILES string of the molecule is Cc1cccc(C(=O)NCCC2CCOC2)c1Br. The minimum Gasteiger partial charge on any atom is -0.381 e. The highest BCUT2D eigenvalue weighted by atomic mass is 79.9. The van der Waals surface area contributed by atoms with E-state index in [2.05, 4.69) is 21.2 Å². The lowest BCUT2D eigenvalue weighted by atomic mass is 10.1. The summed E-state index contributed by atoms with van der Waals surface area (Å²) in [5, 5.41) is 2.97. The number of aryl methyl sites for hydroxylation is 1. The number of ether oxygens (including phenoxy) is 1. The minimum atomic E-state index is -0.00973. The van der Waals surface area contributed by atoms with Gasteiger partial charge in [-0.05, 0) is 53.2 Å². The summed E-state index contributed by atoms with van der Waals surface area (Å²) in [6.45, 7) is 4.40. The highest BCUT2D eigenvalue weighted by Crippen LogP contribution is 2.21. The molecule has 1 fully saturated rings. The molecule has 4 heteroatoms. The highest BCUT2D eigenvalue weighted by molar-refractivity contribution is 9.10. The number of carbonyl (C=O) groups excluding carboxylic acids is 1. The zero-order valence-electron chi connectivity index (χ0n) is 10.5. The fraction of sp³-hybridized carbons (Fsp3) is 0.500. The molecule has 0 radical (unpaired) electrons. The molecule has 1 amide bonds. The van der Waals surface area contributed by atoms with E-state index in [4.69, 9.17) is 4.74 Å². The van der Waals surface area contributed by atoms with Crippen LogP contribution in [0.4, 0.5) is 0 Å². The molecule has 98 valence electrons. The molecule has 1 saturated heterocycles. The zero-order chi connectivity index (χ0) is 13.0. The Labute approximate surface area is 116 Å². The predicted octanol–water partition coefficient (Wildman–Crippen LogP) is 2.91. The van der Waals surface area contributed by atoms with Gasteiger partial charge in [-0.15, -0.1) is 0 Å². The monoisotopic (exact) mass is 311 g/mol. The van der Waals surface area contributed by atoms with Crippen molar-refractivity contribution in [3.8, 4) is 0 Å². The van der Waals surface area contributed by atoms with Gasteiger partial charge in [0.05, 0.1) is 5.56 Å². The second-order valence-corrected chi connectivity index (χ2v) is 5.50. The van der Waals surface area contributed by atoms with Crippen LogP contribution >= 0.6 is 15.9 Å². The highest BCUT2D eigenvalue weighted by Gasteiger charge is 2.16. The molecule has 1 N–H and O–H groups in total. The van der Waals surface area contributed by atoms with Crippen molar-refractivity contribution in [3.63, 3.8) is 0 Å². The maximum Gasteiger partial charge on any atom is 0.252 e. The van der Waals surface area contributed by atoms with Crippen LogP contribution in [0.25, 0.3) is 0 Å². The van der Waals surface area contributed by atoms with Crippen LogP contribution in [-0.2, 0) is 4.74 Å². The van der Waals surface area contributed by atoms with Crippen LogP contribution in [0.1, 0.15) is 28.8 Å². The van der Waals surface area contributed by atoms with Crippen molar-refractivity contribution in [3.05, 3.63) is 33.8 Å². The van der Waals surface area contributed by atoms with Crippen LogP contribution in [0.2, 0.25) is 0 Å². The van der Waals surface area contributed by atoms with Gasteiger partial charge in [0.15, 0.2) is 0 Å². The number of benzene rings is 1. The van der Waals surface area contributed by atoms with Crippen molar-refractivity contribution in [2.45, 2.75) is 19.8 Å². The number of nitrogens with one attached hydrogen (secondary N) is 1. The molecular formula is C14H18BrNO2. The molecule has 0 spiro atoms. The molecule has 0 aromatic heterocycles. The average molecular weight is 312 g/mol. The topological polar surface area (TPSA) is 38.3 Å². The van der Waals surface area contributed by atoms with Crippen LogP contribution in [-0.4, -0.2) is 25.7 Å². The maximum atomic E-state index is 12.0. The summed E-state index contributed by atoms with van der Waals surface area (Å²) in [6, 6.07) is 5.72. The molecule has 1 aliphatic heterocycles. The first kappa shape index (κ1) is 13.6. The van der Waals surface area contributed by atoms with Gasteiger partial charge in [-0.3, -0.25) is 4.79 Å². The number of carbonyl (C=O) groups is 1. The van der Waals surface area contributed by atoms with Crippen molar-refractivity contribution in [1.29, 1.82) is 0 Å². The molecule has 0 bridgehead atoms. The van der Waals surface area contributed by atoms with Gasteiger partial charge >= 0.3 is 0 Å². The van der Waals surface area contributed by atoms with E-state index in [1.807, 2.05) is 25.1 Å². The minimum absolute atomic E-state index is 0.00973. The summed E-state index contributed by atoms with van der Waals surface area (Å²) >= 11 is 3.46. The summed E-state index contributed by atoms with van der Waals surface area (Å²) in [4.78, 5) is 12.0. The Balaban J connectivity index is 1.85. The Morgan fingerprint density at radius 3 is 3.11 bits per heavy atom. The van der Waals surface area contributed by atoms with Gasteiger partial charge in [-0.25, -0.2) is 0 Å². The molecular weight excluding hydrogens is 294 g/mol. The van der Waals surface area contributed by atoms with Crippen molar-refractivity contribution in [2.75, 3.05) is 19.8 Å². The van der Waals surface area contributed by atoms with Gasteiger partial charge in [0.2, 0.25) is 0 Å². The first-order chi connectivity index (χ1) is 8.68. The normalized spacial score (nSPS) is 18.9. The average Bonchev–Trinajstić information content (AvgIpc) is 2.85. The molecule has 18 heavy (non-hydrogen) atoms. The molecule has 1 aromatic carbocycles. The second kappa shape index (κ2) is 6.34. The smallest absolute Gasteiger partial charge is 0.252 e. The summed E-state index contributed by atoms with van der Waals surface area (Å²) < 4.78 is 6.20. The van der Waals surface area contributed by atoms with Crippen molar-refractivity contribution in [1.82, 2.24) is 5.32 Å². The molecule has 3 nitrogen and oxygen atoms in total. The van der Waals surface area contributed by atoms with E-state index in [-0.39, 0.29) is 5.91 Å². The largest absolute Gasteiger partial charge is 0.381 e. The van der Waals surface area contributed by atoms with Crippen molar-refractivity contribution in [2.24, 2.45) is 5.92 Å². The fourth-order valence-electron chi connectivity index (χ4n) is 2.12. The Morgan fingerprint density at radius 1 is 1.56 bits per heavy atom. The van der Waals surface area contributed by atoms with E-state index in [1.165, 1.54) is 0 Å². The van der Waals surface area contributed by atoms with Gasteiger partial charge in [-0.1, -0.05) is 12.1 Å². The fourth-order valence-corrected chi connectivity index (χ4v) is 2.56. The van der Waals surface area contributed by atoms with Gasteiger partial charge in [0.25, 0.3) is 5.91 Å². The van der Waals surface area contributed by atoms with Crippen LogP contribution in [0.3, 0.4) is 0 Å². The standard InChI is InChI=1S/C14H18BrNO2/c1-10-3-2-4-12(13(10)15)14(17)16-7-5-11-6-8-18-9-11/h2-4,11H,5-9H2,1H3,(H,16,17). The van der Waals surface area contributed by atoms with Gasteiger partial charge < -0.3 is 10.1 Å². The molecule has 1 atom stereocenters. The Morgan fingerprint density at radius 2 is 2.39 bits per heavy atom. The third kappa shape index (κ3) is 3.33. The second-order valence-electron chi connectivity index (χ2n) is 4.71. The van der Waals surface area contributed by atoms with E-state index >= 15 is 0 Å². The molecule has 1 aliphatic rings. The summed E-state index contributed by atoms with van der Waals surface area (Å²) in [7, 11) is 0. The van der Waals surface area contributed by atoms with E-state index in [0.29, 0.717) is 18.0 Å². The predicted molar refractivity (Wildman–Crippen MR) is 74.8 cm³/mol. The molecule has 2 rings (SSSR count). The molecule has 1 heterocycles. The van der Waals surface area contributed by atoms with Crippen LogP contribution in [0, 0.1) is 12.8 Å². The van der Waals surface area contributed by atoms with Crippen molar-refractivity contribution < 1.29 is 9.53 Å². The maximum absolute atomic E-state index is 12.0. The number of hydrogen-bond donors (Lipinski definition) is 1. The Kier molecular flexibility index (Phi) is 4.78. The van der Waals surface area contributed by atoms with E-state index in [1.54, 1.807) is 0 Å². The quantitative estimate of drug-likeness (QED) is 0.928. The first-order valence-corrected chi connectivity index (χ1v) is 7.09.